The molecule has 5 rings (SSSR count). The van der Waals surface area contributed by atoms with Crippen molar-refractivity contribution in [2.45, 2.75) is 11.6 Å². The fraction of sp³-hybridized carbons (Fsp3) is 0.0625. The Labute approximate surface area is 250 Å². The molecule has 0 fully saturated rings. The average molecular weight is 673 g/mol. The van der Waals surface area contributed by atoms with Crippen LogP contribution in [0.15, 0.2) is 140 Å². The number of hydrogen-bond donors (Lipinski definition) is 1. The second-order valence-electron chi connectivity index (χ2n) is 9.09. The summed E-state index contributed by atoms with van der Waals surface area (Å²) in [6, 6.07) is 48.3. The molecule has 42 heavy (non-hydrogen) atoms. The molecule has 0 heterocycles. The zero-order valence-corrected chi connectivity index (χ0v) is 25.3. The topological polar surface area (TPSA) is 77.4 Å². The third-order valence-corrected chi connectivity index (χ3v) is 16.4. The molecule has 0 aliphatic carbocycles. The normalized spacial score (nSPS) is 12.6. The monoisotopic (exact) mass is 672 g/mol. The van der Waals surface area contributed by atoms with Gasteiger partial charge in [0.15, 0.2) is 10.1 Å². The van der Waals surface area contributed by atoms with Crippen LogP contribution in [0.5, 0.6) is 0 Å². The first-order valence-electron chi connectivity index (χ1n) is 12.6. The van der Waals surface area contributed by atoms with Gasteiger partial charge in [-0.3, -0.25) is 0 Å². The molecule has 10 heteroatoms. The van der Waals surface area contributed by atoms with E-state index in [4.69, 9.17) is 24.6 Å². The van der Waals surface area contributed by atoms with Crippen LogP contribution in [-0.2, 0) is 10.1 Å². The summed E-state index contributed by atoms with van der Waals surface area (Å²) in [7, 11) is -6.09. The van der Waals surface area contributed by atoms with E-state index >= 15 is 0 Å². The van der Waals surface area contributed by atoms with Crippen LogP contribution in [0.4, 0.5) is 13.2 Å². The van der Waals surface area contributed by atoms with Crippen LogP contribution in [0, 0.1) is 0 Å². The van der Waals surface area contributed by atoms with E-state index < -0.39 is 35.3 Å². The van der Waals surface area contributed by atoms with Gasteiger partial charge in [0.05, 0.1) is 0 Å². The summed E-state index contributed by atoms with van der Waals surface area (Å²) in [5, 5.41) is 12.3. The number of benzene rings is 5. The van der Waals surface area contributed by atoms with Crippen LogP contribution in [0.2, 0.25) is 5.02 Å². The van der Waals surface area contributed by atoms with Crippen molar-refractivity contribution < 1.29 is 31.2 Å². The van der Waals surface area contributed by atoms with Crippen molar-refractivity contribution >= 4 is 52.7 Å². The molecule has 0 aliphatic heterocycles. The van der Waals surface area contributed by atoms with Gasteiger partial charge in [0.25, 0.3) is 0 Å². The number of hydrogen-bond acceptors (Lipinski definition) is 4. The first-order valence-corrected chi connectivity index (χ1v) is 18.1. The Balaban J connectivity index is 0.000000446. The third-order valence-electron chi connectivity index (χ3n) is 6.49. The second-order valence-corrected chi connectivity index (χ2v) is 18.0. The first-order chi connectivity index (χ1) is 20.0. The van der Waals surface area contributed by atoms with Crippen molar-refractivity contribution in [2.75, 3.05) is 0 Å². The summed E-state index contributed by atoms with van der Waals surface area (Å²) in [6.07, 6.45) is -0.759. The molecule has 4 nitrogen and oxygen atoms in total. The van der Waals surface area contributed by atoms with Gasteiger partial charge in [0, 0.05) is 0 Å². The van der Waals surface area contributed by atoms with Crippen molar-refractivity contribution in [3.05, 3.63) is 156 Å². The van der Waals surface area contributed by atoms with E-state index in [1.165, 1.54) is 17.4 Å². The van der Waals surface area contributed by atoms with Crippen LogP contribution < -0.4 is 17.4 Å². The number of aliphatic hydroxyl groups is 1. The van der Waals surface area contributed by atoms with E-state index in [2.05, 4.69) is 109 Å². The molecule has 0 saturated heterocycles. The molecule has 0 radical (unpaired) electrons. The van der Waals surface area contributed by atoms with Crippen molar-refractivity contribution in [1.82, 2.24) is 0 Å². The molecular formula is C32H25AsClF3O4S. The molecule has 0 aliphatic rings. The quantitative estimate of drug-likeness (QED) is 0.159. The summed E-state index contributed by atoms with van der Waals surface area (Å²) in [5.41, 5.74) is -3.87. The summed E-state index contributed by atoms with van der Waals surface area (Å²) < 4.78 is 64.1. The van der Waals surface area contributed by atoms with Gasteiger partial charge in [0.1, 0.15) is 0 Å². The average Bonchev–Trinajstić information content (AvgIpc) is 2.99. The van der Waals surface area contributed by atoms with Crippen LogP contribution in [0.25, 0.3) is 0 Å². The fourth-order valence-electron chi connectivity index (χ4n) is 4.67. The van der Waals surface area contributed by atoms with Gasteiger partial charge in [-0.25, -0.2) is 8.42 Å². The number of rotatable bonds is 6. The van der Waals surface area contributed by atoms with Gasteiger partial charge in [-0.05, 0) is 0 Å². The Morgan fingerprint density at radius 3 is 1.38 bits per heavy atom. The molecule has 216 valence electrons. The van der Waals surface area contributed by atoms with E-state index in [1.54, 1.807) is 0 Å². The zero-order chi connectivity index (χ0) is 30.4. The molecule has 0 saturated carbocycles. The van der Waals surface area contributed by atoms with Gasteiger partial charge < -0.3 is 4.55 Å². The zero-order valence-electron chi connectivity index (χ0n) is 21.9. The Hall–Kier alpha value is -3.39. The van der Waals surface area contributed by atoms with E-state index in [0.717, 1.165) is 11.1 Å². The van der Waals surface area contributed by atoms with E-state index in [1.807, 2.05) is 30.3 Å². The van der Waals surface area contributed by atoms with E-state index in [0.29, 0.717) is 5.02 Å². The third kappa shape index (κ3) is 6.80. The van der Waals surface area contributed by atoms with E-state index in [-0.39, 0.29) is 0 Å². The minimum absolute atomic E-state index is 0.660. The van der Waals surface area contributed by atoms with Crippen LogP contribution >= 0.6 is 11.6 Å². The molecule has 5 aromatic rings. The molecule has 0 unspecified atom stereocenters. The summed E-state index contributed by atoms with van der Waals surface area (Å²) >= 11 is 2.89. The van der Waals surface area contributed by atoms with Gasteiger partial charge in [-0.2, -0.15) is 13.2 Å². The standard InChI is InChI=1S/C31H25AsClO.CHF3O3S/c33-28-22-20-24(21-23-28)31(34)29-18-10-11-19-30(29)32(25-12-4-1-5-13-25,26-14-6-2-7-15-26)27-16-8-3-9-17-27;2-1(3,4)8(5,6)7/h1-23,31,34H;(H,5,6,7)/q+1;/p-1/t31-;/m0./s1. The second kappa shape index (κ2) is 13.3. The van der Waals surface area contributed by atoms with E-state index in [9.17, 15) is 18.3 Å². The van der Waals surface area contributed by atoms with Crippen LogP contribution in [0.3, 0.4) is 0 Å². The maximum absolute atomic E-state index is 11.7. The van der Waals surface area contributed by atoms with Gasteiger partial charge >= 0.3 is 215 Å². The predicted molar refractivity (Wildman–Crippen MR) is 161 cm³/mol. The van der Waals surface area contributed by atoms with Gasteiger partial charge in [0.2, 0.25) is 0 Å². The Morgan fingerprint density at radius 1 is 0.643 bits per heavy atom. The SMILES string of the molecule is O=S(=O)([O-])C(F)(F)F.O[C@@H](c1ccc(Cl)cc1)c1ccccc1[As+](c1ccccc1)(c1ccccc1)c1ccccc1. The molecule has 1 atom stereocenters. The molecule has 0 bridgehead atoms. The van der Waals surface area contributed by atoms with Crippen LogP contribution in [0.1, 0.15) is 17.2 Å². The summed E-state index contributed by atoms with van der Waals surface area (Å²) in [5.74, 6) is 0. The van der Waals surface area contributed by atoms with Crippen LogP contribution in [-0.4, -0.2) is 37.1 Å². The molecule has 1 N–H and O–H groups in total. The fourth-order valence-corrected chi connectivity index (χ4v) is 14.2. The molecule has 0 amide bonds. The Kier molecular flexibility index (Phi) is 9.97. The van der Waals surface area contributed by atoms with Crippen molar-refractivity contribution in [3.8, 4) is 0 Å². The van der Waals surface area contributed by atoms with Crippen molar-refractivity contribution in [1.29, 1.82) is 0 Å². The first kappa shape index (κ1) is 31.5. The van der Waals surface area contributed by atoms with Gasteiger partial charge in [-0.15, -0.1) is 0 Å². The van der Waals surface area contributed by atoms with Crippen molar-refractivity contribution in [3.63, 3.8) is 0 Å². The number of halogens is 4. The Morgan fingerprint density at radius 2 is 1.00 bits per heavy atom. The molecule has 5 aromatic carbocycles. The maximum atomic E-state index is 11.7. The molecule has 0 spiro atoms. The van der Waals surface area contributed by atoms with Crippen molar-refractivity contribution in [2.24, 2.45) is 0 Å². The summed E-state index contributed by atoms with van der Waals surface area (Å²) in [6.45, 7) is 0. The Bertz CT molecular complexity index is 1610. The molecular weight excluding hydrogens is 648 g/mol. The molecule has 0 aromatic heterocycles. The predicted octanol–water partition coefficient (Wildman–Crippen LogP) is 4.85. The number of alkyl halides is 3. The number of aliphatic hydroxyl groups excluding tert-OH is 1. The summed E-state index contributed by atoms with van der Waals surface area (Å²) in [4.78, 5) is 0. The van der Waals surface area contributed by atoms with Gasteiger partial charge in [-0.1, -0.05) is 0 Å². The minimum atomic E-state index is -6.09.